The van der Waals surface area contributed by atoms with Crippen LogP contribution in [0.3, 0.4) is 0 Å². The van der Waals surface area contributed by atoms with Crippen LogP contribution in [0.25, 0.3) is 0 Å². The molecule has 0 saturated carbocycles. The summed E-state index contributed by atoms with van der Waals surface area (Å²) in [6, 6.07) is 10.2. The molecule has 0 aliphatic carbocycles. The summed E-state index contributed by atoms with van der Waals surface area (Å²) in [5.74, 6) is 1.87. The fraction of sp³-hybridized carbons (Fsp3) is 0.522. The first-order valence-corrected chi connectivity index (χ1v) is 11.1. The summed E-state index contributed by atoms with van der Waals surface area (Å²) >= 11 is 0. The molecule has 0 unspecified atom stereocenters. The van der Waals surface area contributed by atoms with E-state index in [1.165, 1.54) is 31.2 Å². The van der Waals surface area contributed by atoms with Crippen molar-refractivity contribution in [1.29, 1.82) is 0 Å². The van der Waals surface area contributed by atoms with Crippen molar-refractivity contribution in [3.8, 4) is 0 Å². The Hall–Kier alpha value is -2.83. The highest BCUT2D eigenvalue weighted by atomic mass is 16.2. The van der Waals surface area contributed by atoms with Gasteiger partial charge >= 0.3 is 6.03 Å². The SMILES string of the molecule is Cc1ccc(NC(=O)N2CCN(c3ccc(N4CCCCCC4)nn3)CC2)c(C)c1. The van der Waals surface area contributed by atoms with Crippen molar-refractivity contribution < 1.29 is 4.79 Å². The summed E-state index contributed by atoms with van der Waals surface area (Å²) in [6.45, 7) is 9.09. The van der Waals surface area contributed by atoms with E-state index < -0.39 is 0 Å². The molecule has 2 aromatic rings. The average Bonchev–Trinajstić information content (AvgIpc) is 3.05. The maximum Gasteiger partial charge on any atom is 0.321 e. The third-order valence-corrected chi connectivity index (χ3v) is 6.08. The monoisotopic (exact) mass is 408 g/mol. The van der Waals surface area contributed by atoms with Gasteiger partial charge in [-0.1, -0.05) is 30.5 Å². The van der Waals surface area contributed by atoms with Gasteiger partial charge in [-0.05, 0) is 50.5 Å². The fourth-order valence-electron chi connectivity index (χ4n) is 4.24. The number of benzene rings is 1. The lowest BCUT2D eigenvalue weighted by Gasteiger charge is -2.35. The smallest absolute Gasteiger partial charge is 0.321 e. The van der Waals surface area contributed by atoms with E-state index in [1.54, 1.807) is 0 Å². The van der Waals surface area contributed by atoms with Crippen LogP contribution in [0.4, 0.5) is 22.1 Å². The van der Waals surface area contributed by atoms with E-state index in [4.69, 9.17) is 0 Å². The van der Waals surface area contributed by atoms with Crippen LogP contribution in [0.15, 0.2) is 30.3 Å². The van der Waals surface area contributed by atoms with Crippen LogP contribution in [0, 0.1) is 13.8 Å². The molecule has 0 radical (unpaired) electrons. The molecule has 2 fully saturated rings. The van der Waals surface area contributed by atoms with Gasteiger partial charge in [-0.25, -0.2) is 4.79 Å². The van der Waals surface area contributed by atoms with Crippen molar-refractivity contribution in [2.75, 3.05) is 54.4 Å². The van der Waals surface area contributed by atoms with Crippen LogP contribution in [0.2, 0.25) is 0 Å². The molecule has 0 atom stereocenters. The van der Waals surface area contributed by atoms with E-state index in [2.05, 4.69) is 50.4 Å². The number of nitrogens with zero attached hydrogens (tertiary/aromatic N) is 5. The minimum Gasteiger partial charge on any atom is -0.355 e. The second-order valence-corrected chi connectivity index (χ2v) is 8.37. The van der Waals surface area contributed by atoms with Gasteiger partial charge in [0.25, 0.3) is 0 Å². The van der Waals surface area contributed by atoms with Crippen LogP contribution in [-0.2, 0) is 0 Å². The highest BCUT2D eigenvalue weighted by Crippen LogP contribution is 2.21. The number of hydrogen-bond donors (Lipinski definition) is 1. The minimum atomic E-state index is -0.0378. The molecule has 1 aromatic carbocycles. The quantitative estimate of drug-likeness (QED) is 0.836. The Morgan fingerprint density at radius 3 is 1.97 bits per heavy atom. The largest absolute Gasteiger partial charge is 0.355 e. The highest BCUT2D eigenvalue weighted by Gasteiger charge is 2.23. The predicted molar refractivity (Wildman–Crippen MR) is 121 cm³/mol. The lowest BCUT2D eigenvalue weighted by atomic mass is 10.1. The van der Waals surface area contributed by atoms with Crippen molar-refractivity contribution in [2.24, 2.45) is 0 Å². The van der Waals surface area contributed by atoms with Gasteiger partial charge in [-0.3, -0.25) is 0 Å². The van der Waals surface area contributed by atoms with Gasteiger partial charge in [0.15, 0.2) is 11.6 Å². The molecule has 2 aliphatic heterocycles. The van der Waals surface area contributed by atoms with Gasteiger partial charge in [0.1, 0.15) is 0 Å². The van der Waals surface area contributed by atoms with Crippen LogP contribution in [0.1, 0.15) is 36.8 Å². The molecule has 1 N–H and O–H groups in total. The molecular weight excluding hydrogens is 376 g/mol. The maximum absolute atomic E-state index is 12.7. The van der Waals surface area contributed by atoms with Crippen molar-refractivity contribution in [1.82, 2.24) is 15.1 Å². The Kier molecular flexibility index (Phi) is 6.35. The second-order valence-electron chi connectivity index (χ2n) is 8.37. The Morgan fingerprint density at radius 2 is 1.40 bits per heavy atom. The van der Waals surface area contributed by atoms with E-state index >= 15 is 0 Å². The van der Waals surface area contributed by atoms with Gasteiger partial charge in [-0.2, -0.15) is 0 Å². The van der Waals surface area contributed by atoms with Gasteiger partial charge in [0.05, 0.1) is 0 Å². The number of nitrogens with one attached hydrogen (secondary N) is 1. The number of anilines is 3. The number of aryl methyl sites for hydroxylation is 2. The van der Waals surface area contributed by atoms with Crippen molar-refractivity contribution >= 4 is 23.4 Å². The molecule has 1 aromatic heterocycles. The van der Waals surface area contributed by atoms with Gasteiger partial charge < -0.3 is 20.0 Å². The molecule has 160 valence electrons. The van der Waals surface area contributed by atoms with E-state index in [0.29, 0.717) is 13.1 Å². The second kappa shape index (κ2) is 9.32. The lowest BCUT2D eigenvalue weighted by Crippen LogP contribution is -2.50. The fourth-order valence-corrected chi connectivity index (χ4v) is 4.24. The normalized spacial score (nSPS) is 17.6. The number of amides is 2. The molecule has 7 heteroatoms. The topological polar surface area (TPSA) is 64.6 Å². The molecule has 2 aliphatic rings. The van der Waals surface area contributed by atoms with Gasteiger partial charge in [0, 0.05) is 45.0 Å². The van der Waals surface area contributed by atoms with Crippen molar-refractivity contribution in [2.45, 2.75) is 39.5 Å². The van der Waals surface area contributed by atoms with E-state index in [0.717, 1.165) is 49.1 Å². The minimum absolute atomic E-state index is 0.0378. The number of carbonyl (C=O) groups excluding carboxylic acids is 1. The third-order valence-electron chi connectivity index (χ3n) is 6.08. The first kappa shape index (κ1) is 20.4. The van der Waals surface area contributed by atoms with Crippen molar-refractivity contribution in [3.05, 3.63) is 41.5 Å². The molecular formula is C23H32N6O. The standard InChI is InChI=1S/C23H32N6O/c1-18-7-8-20(19(2)17-18)24-23(30)29-15-13-28(14-16-29)22-10-9-21(25-26-22)27-11-5-3-4-6-12-27/h7-10,17H,3-6,11-16H2,1-2H3,(H,24,30). The van der Waals surface area contributed by atoms with Gasteiger partial charge in [-0.15, -0.1) is 10.2 Å². The zero-order valence-corrected chi connectivity index (χ0v) is 18.1. The summed E-state index contributed by atoms with van der Waals surface area (Å²) in [5, 5.41) is 12.0. The molecule has 2 saturated heterocycles. The van der Waals surface area contributed by atoms with Crippen LogP contribution in [0.5, 0.6) is 0 Å². The molecule has 0 bridgehead atoms. The predicted octanol–water partition coefficient (Wildman–Crippen LogP) is 3.83. The summed E-state index contributed by atoms with van der Waals surface area (Å²) in [7, 11) is 0. The molecule has 4 rings (SSSR count). The summed E-state index contributed by atoms with van der Waals surface area (Å²) in [5.41, 5.74) is 3.16. The Labute approximate surface area is 179 Å². The first-order valence-electron chi connectivity index (χ1n) is 11.1. The Balaban J connectivity index is 1.31. The number of rotatable bonds is 3. The molecule has 3 heterocycles. The molecule has 7 nitrogen and oxygen atoms in total. The Bertz CT molecular complexity index is 852. The van der Waals surface area contributed by atoms with Crippen LogP contribution in [-0.4, -0.2) is 60.4 Å². The maximum atomic E-state index is 12.7. The zero-order valence-electron chi connectivity index (χ0n) is 18.1. The average molecular weight is 409 g/mol. The van der Waals surface area contributed by atoms with E-state index in [1.807, 2.05) is 24.0 Å². The number of urea groups is 1. The van der Waals surface area contributed by atoms with Crippen LogP contribution >= 0.6 is 0 Å². The zero-order chi connectivity index (χ0) is 20.9. The lowest BCUT2D eigenvalue weighted by molar-refractivity contribution is 0.208. The summed E-state index contributed by atoms with van der Waals surface area (Å²) < 4.78 is 0. The number of aromatic nitrogens is 2. The van der Waals surface area contributed by atoms with Gasteiger partial charge in [0.2, 0.25) is 0 Å². The van der Waals surface area contributed by atoms with Crippen molar-refractivity contribution in [3.63, 3.8) is 0 Å². The van der Waals surface area contributed by atoms with E-state index in [-0.39, 0.29) is 6.03 Å². The Morgan fingerprint density at radius 1 is 0.800 bits per heavy atom. The molecule has 0 spiro atoms. The van der Waals surface area contributed by atoms with Crippen LogP contribution < -0.4 is 15.1 Å². The summed E-state index contributed by atoms with van der Waals surface area (Å²) in [6.07, 6.45) is 5.08. The first-order chi connectivity index (χ1) is 14.6. The number of piperazine rings is 1. The third kappa shape index (κ3) is 4.83. The number of carbonyl (C=O) groups is 1. The molecule has 2 amide bonds. The molecule has 30 heavy (non-hydrogen) atoms. The highest BCUT2D eigenvalue weighted by molar-refractivity contribution is 5.90. The summed E-state index contributed by atoms with van der Waals surface area (Å²) in [4.78, 5) is 19.1. The number of hydrogen-bond acceptors (Lipinski definition) is 5. The van der Waals surface area contributed by atoms with E-state index in [9.17, 15) is 4.79 Å².